The average molecular weight is 294 g/mol. The predicted octanol–water partition coefficient (Wildman–Crippen LogP) is 2.86. The van der Waals surface area contributed by atoms with Crippen molar-refractivity contribution in [3.05, 3.63) is 40.5 Å². The van der Waals surface area contributed by atoms with Gasteiger partial charge in [0.2, 0.25) is 0 Å². The fourth-order valence-corrected chi connectivity index (χ4v) is 2.10. The van der Waals surface area contributed by atoms with Gasteiger partial charge in [-0.05, 0) is 38.0 Å². The molecule has 0 unspecified atom stereocenters. The minimum Gasteiger partial charge on any atom is -0.483 e. The lowest BCUT2D eigenvalue weighted by molar-refractivity contribution is 0.240. The van der Waals surface area contributed by atoms with E-state index in [1.165, 1.54) is 12.8 Å². The first-order valence-electron chi connectivity index (χ1n) is 6.64. The maximum absolute atomic E-state index is 6.04. The molecule has 1 aromatic carbocycles. The Hall–Kier alpha value is -1.59. The largest absolute Gasteiger partial charge is 0.483 e. The molecular weight excluding hydrogens is 278 g/mol. The van der Waals surface area contributed by atoms with Crippen molar-refractivity contribution >= 4 is 11.6 Å². The Balaban J connectivity index is 1.66. The molecule has 3 rings (SSSR count). The summed E-state index contributed by atoms with van der Waals surface area (Å²) in [5, 5.41) is 7.89. The van der Waals surface area contributed by atoms with E-state index in [2.05, 4.69) is 15.5 Å². The van der Waals surface area contributed by atoms with Gasteiger partial charge in [0, 0.05) is 23.2 Å². The van der Waals surface area contributed by atoms with Gasteiger partial charge in [-0.25, -0.2) is 0 Å². The van der Waals surface area contributed by atoms with Crippen molar-refractivity contribution < 1.29 is 9.26 Å². The van der Waals surface area contributed by atoms with E-state index < -0.39 is 0 Å². The van der Waals surface area contributed by atoms with Crippen molar-refractivity contribution in [2.45, 2.75) is 39.0 Å². The third-order valence-electron chi connectivity index (χ3n) is 3.10. The molecule has 0 radical (unpaired) electrons. The van der Waals surface area contributed by atoms with E-state index in [0.29, 0.717) is 22.8 Å². The second-order valence-electron chi connectivity index (χ2n) is 4.93. The Bertz CT molecular complexity index is 596. The molecule has 0 bridgehead atoms. The Kier molecular flexibility index (Phi) is 3.89. The van der Waals surface area contributed by atoms with Crippen LogP contribution >= 0.6 is 11.6 Å². The van der Waals surface area contributed by atoms with Crippen molar-refractivity contribution in [2.75, 3.05) is 0 Å². The van der Waals surface area contributed by atoms with Crippen molar-refractivity contribution in [3.63, 3.8) is 0 Å². The van der Waals surface area contributed by atoms with Crippen LogP contribution < -0.4 is 10.1 Å². The molecule has 0 amide bonds. The molecule has 1 saturated carbocycles. The van der Waals surface area contributed by atoms with Gasteiger partial charge < -0.3 is 14.6 Å². The molecule has 1 heterocycles. The van der Waals surface area contributed by atoms with Gasteiger partial charge in [0.25, 0.3) is 5.89 Å². The van der Waals surface area contributed by atoms with E-state index in [-0.39, 0.29) is 6.61 Å². The molecule has 106 valence electrons. The van der Waals surface area contributed by atoms with E-state index in [9.17, 15) is 0 Å². The van der Waals surface area contributed by atoms with Crippen molar-refractivity contribution in [1.29, 1.82) is 0 Å². The van der Waals surface area contributed by atoms with Crippen LogP contribution in [0, 0.1) is 6.92 Å². The summed E-state index contributed by atoms with van der Waals surface area (Å²) in [4.78, 5) is 4.11. The molecule has 1 fully saturated rings. The van der Waals surface area contributed by atoms with Crippen LogP contribution in [0.5, 0.6) is 5.75 Å². The number of nitrogens with one attached hydrogen (secondary N) is 1. The number of aryl methyl sites for hydroxylation is 1. The number of hydrogen-bond donors (Lipinski definition) is 1. The van der Waals surface area contributed by atoms with Gasteiger partial charge in [-0.3, -0.25) is 0 Å². The molecule has 1 aromatic heterocycles. The highest BCUT2D eigenvalue weighted by Gasteiger charge is 2.20. The Morgan fingerprint density at radius 3 is 3.00 bits per heavy atom. The first-order valence-corrected chi connectivity index (χ1v) is 7.02. The highest BCUT2D eigenvalue weighted by molar-refractivity contribution is 6.30. The quantitative estimate of drug-likeness (QED) is 0.887. The molecular formula is C14H16ClN3O2. The molecule has 0 aliphatic heterocycles. The molecule has 1 aliphatic rings. The first kappa shape index (κ1) is 13.4. The number of rotatable bonds is 6. The highest BCUT2D eigenvalue weighted by Crippen LogP contribution is 2.26. The lowest BCUT2D eigenvalue weighted by atomic mass is 10.2. The van der Waals surface area contributed by atoms with Crippen LogP contribution in [-0.4, -0.2) is 16.2 Å². The van der Waals surface area contributed by atoms with Crippen LogP contribution in [0.25, 0.3) is 0 Å². The molecule has 0 atom stereocenters. The smallest absolute Gasteiger partial charge is 0.264 e. The molecule has 1 N–H and O–H groups in total. The van der Waals surface area contributed by atoms with Crippen molar-refractivity contribution in [1.82, 2.24) is 15.5 Å². The highest BCUT2D eigenvalue weighted by atomic mass is 35.5. The van der Waals surface area contributed by atoms with Crippen LogP contribution in [0.15, 0.2) is 22.7 Å². The summed E-state index contributed by atoms with van der Waals surface area (Å²) in [6.07, 6.45) is 2.50. The number of ether oxygens (including phenoxy) is 1. The minimum absolute atomic E-state index is 0.263. The molecule has 20 heavy (non-hydrogen) atoms. The van der Waals surface area contributed by atoms with Gasteiger partial charge in [0.15, 0.2) is 12.4 Å². The van der Waals surface area contributed by atoms with Crippen LogP contribution in [0.3, 0.4) is 0 Å². The van der Waals surface area contributed by atoms with Crippen molar-refractivity contribution in [3.8, 4) is 5.75 Å². The van der Waals surface area contributed by atoms with Gasteiger partial charge in [-0.1, -0.05) is 16.8 Å². The van der Waals surface area contributed by atoms with Gasteiger partial charge >= 0.3 is 0 Å². The van der Waals surface area contributed by atoms with Crippen LogP contribution in [0.4, 0.5) is 0 Å². The SMILES string of the molecule is Cc1noc(COc2ccc(Cl)cc2CNC2CC2)n1. The van der Waals surface area contributed by atoms with E-state index in [0.717, 1.165) is 17.9 Å². The Morgan fingerprint density at radius 1 is 1.45 bits per heavy atom. The van der Waals surface area contributed by atoms with Gasteiger partial charge in [0.05, 0.1) is 0 Å². The van der Waals surface area contributed by atoms with Crippen molar-refractivity contribution in [2.24, 2.45) is 0 Å². The Labute approximate surface area is 122 Å². The molecule has 0 spiro atoms. The topological polar surface area (TPSA) is 60.2 Å². The molecule has 2 aromatic rings. The number of aromatic nitrogens is 2. The summed E-state index contributed by atoms with van der Waals surface area (Å²) in [6, 6.07) is 6.25. The molecule has 0 saturated heterocycles. The monoisotopic (exact) mass is 293 g/mol. The van der Waals surface area contributed by atoms with Crippen LogP contribution in [0.1, 0.15) is 30.1 Å². The number of halogens is 1. The average Bonchev–Trinajstić information content (AvgIpc) is 3.17. The maximum atomic E-state index is 6.04. The van der Waals surface area contributed by atoms with Gasteiger partial charge in [0.1, 0.15) is 5.75 Å². The van der Waals surface area contributed by atoms with E-state index >= 15 is 0 Å². The lowest BCUT2D eigenvalue weighted by Gasteiger charge is -2.11. The zero-order valence-corrected chi connectivity index (χ0v) is 12.0. The van der Waals surface area contributed by atoms with Crippen LogP contribution in [0.2, 0.25) is 5.02 Å². The number of hydrogen-bond acceptors (Lipinski definition) is 5. The lowest BCUT2D eigenvalue weighted by Crippen LogP contribution is -2.16. The zero-order chi connectivity index (χ0) is 13.9. The summed E-state index contributed by atoms with van der Waals surface area (Å²) in [5.41, 5.74) is 1.04. The maximum Gasteiger partial charge on any atom is 0.264 e. The fraction of sp³-hybridized carbons (Fsp3) is 0.429. The Morgan fingerprint density at radius 2 is 2.30 bits per heavy atom. The standard InChI is InChI=1S/C14H16ClN3O2/c1-9-17-14(20-18-9)8-19-13-5-2-11(15)6-10(13)7-16-12-3-4-12/h2,5-6,12,16H,3-4,7-8H2,1H3. The first-order chi connectivity index (χ1) is 9.70. The van der Waals surface area contributed by atoms with Gasteiger partial charge in [-0.15, -0.1) is 0 Å². The summed E-state index contributed by atoms with van der Waals surface area (Å²) in [5.74, 6) is 1.87. The summed E-state index contributed by atoms with van der Waals surface area (Å²) in [6.45, 7) is 2.79. The normalized spacial score (nSPS) is 14.5. The summed E-state index contributed by atoms with van der Waals surface area (Å²) in [7, 11) is 0. The van der Waals surface area contributed by atoms with E-state index in [4.69, 9.17) is 20.9 Å². The van der Waals surface area contributed by atoms with E-state index in [1.54, 1.807) is 6.92 Å². The molecule has 1 aliphatic carbocycles. The zero-order valence-electron chi connectivity index (χ0n) is 11.2. The number of nitrogens with zero attached hydrogens (tertiary/aromatic N) is 2. The second-order valence-corrected chi connectivity index (χ2v) is 5.37. The third kappa shape index (κ3) is 3.49. The number of benzene rings is 1. The minimum atomic E-state index is 0.263. The molecule has 6 heteroatoms. The fourth-order valence-electron chi connectivity index (χ4n) is 1.91. The van der Waals surface area contributed by atoms with Gasteiger partial charge in [-0.2, -0.15) is 4.98 Å². The van der Waals surface area contributed by atoms with Crippen LogP contribution in [-0.2, 0) is 13.2 Å². The molecule has 5 nitrogen and oxygen atoms in total. The predicted molar refractivity (Wildman–Crippen MR) is 74.7 cm³/mol. The third-order valence-corrected chi connectivity index (χ3v) is 3.34. The second kappa shape index (κ2) is 5.81. The summed E-state index contributed by atoms with van der Waals surface area (Å²) < 4.78 is 10.8. The van der Waals surface area contributed by atoms with E-state index in [1.807, 2.05) is 18.2 Å². The summed E-state index contributed by atoms with van der Waals surface area (Å²) >= 11 is 6.04.